The van der Waals surface area contributed by atoms with Crippen LogP contribution < -0.4 is 27.0 Å². The van der Waals surface area contributed by atoms with Crippen LogP contribution in [0.4, 0.5) is 0 Å². The predicted octanol–water partition coefficient (Wildman–Crippen LogP) is 0.0652. The Morgan fingerprint density at radius 1 is 0.761 bits per heavy atom. The first-order valence-corrected chi connectivity index (χ1v) is 14.9. The molecule has 0 radical (unpaired) electrons. The summed E-state index contributed by atoms with van der Waals surface area (Å²) >= 11 is 0. The highest BCUT2D eigenvalue weighted by Crippen LogP contribution is 2.21. The lowest BCUT2D eigenvalue weighted by Crippen LogP contribution is -2.58. The van der Waals surface area contributed by atoms with Gasteiger partial charge in [-0.1, -0.05) is 50.2 Å². The number of aromatic nitrogens is 2. The van der Waals surface area contributed by atoms with Crippen LogP contribution in [0.2, 0.25) is 0 Å². The number of aromatic amines is 2. The van der Waals surface area contributed by atoms with E-state index in [1.165, 1.54) is 0 Å². The number of hydrogen-bond donors (Lipinski definition) is 9. The van der Waals surface area contributed by atoms with E-state index in [1.54, 1.807) is 26.2 Å². The van der Waals surface area contributed by atoms with E-state index in [1.807, 2.05) is 48.5 Å². The van der Waals surface area contributed by atoms with Crippen LogP contribution in [0.5, 0.6) is 0 Å². The number of carboxylic acid groups (broad SMARTS) is 1. The maximum absolute atomic E-state index is 13.7. The molecule has 0 saturated carbocycles. The number of hydrogen-bond acceptors (Lipinski definition) is 7. The van der Waals surface area contributed by atoms with Crippen LogP contribution in [0.25, 0.3) is 21.8 Å². The van der Waals surface area contributed by atoms with Crippen molar-refractivity contribution in [3.8, 4) is 0 Å². The van der Waals surface area contributed by atoms with E-state index in [0.717, 1.165) is 27.4 Å². The van der Waals surface area contributed by atoms with E-state index in [0.29, 0.717) is 5.56 Å². The second-order valence-corrected chi connectivity index (χ2v) is 11.4. The third-order valence-corrected chi connectivity index (χ3v) is 7.67. The fourth-order valence-electron chi connectivity index (χ4n) is 5.13. The Kier molecular flexibility index (Phi) is 11.1. The van der Waals surface area contributed by atoms with Crippen LogP contribution in [0.15, 0.2) is 60.9 Å². The SMILES string of the molecule is CC(C)[C@H](NC(=O)[C@H](Cc1c[nH]c2ccccc12)NC(=O)CNC(=O)[C@@H](N)CO)C(=O)N[C@@H](Cc1c[nH]c2ccccc12)C(=O)O. The van der Waals surface area contributed by atoms with Crippen molar-refractivity contribution in [2.75, 3.05) is 13.2 Å². The van der Waals surface area contributed by atoms with Crippen molar-refractivity contribution in [1.82, 2.24) is 31.2 Å². The molecule has 0 aliphatic rings. The average molecular weight is 634 g/mol. The Morgan fingerprint density at radius 2 is 1.30 bits per heavy atom. The van der Waals surface area contributed by atoms with Crippen molar-refractivity contribution in [2.24, 2.45) is 11.7 Å². The molecular weight excluding hydrogens is 594 g/mol. The standard InChI is InChI=1S/C32H39N7O7/c1-17(2)28(31(44)38-26(32(45)46)12-19-14-35-24-10-6-4-8-21(19)24)39-30(43)25(37-27(41)15-36-29(42)22(33)16-40)11-18-13-34-23-9-5-3-7-20(18)23/h3-10,13-14,17,22,25-26,28,34-35,40H,11-12,15-16,33H2,1-2H3,(H,36,42)(H,37,41)(H,38,44)(H,39,43)(H,45,46)/t22-,25-,26-,28-/m0/s1. The maximum Gasteiger partial charge on any atom is 0.326 e. The summed E-state index contributed by atoms with van der Waals surface area (Å²) in [4.78, 5) is 70.3. The van der Waals surface area contributed by atoms with E-state index in [4.69, 9.17) is 10.8 Å². The molecule has 4 atom stereocenters. The molecule has 4 rings (SSSR count). The summed E-state index contributed by atoms with van der Waals surface area (Å²) in [6.07, 6.45) is 3.46. The average Bonchev–Trinajstić information content (AvgIpc) is 3.64. The van der Waals surface area contributed by atoms with Gasteiger partial charge in [0, 0.05) is 47.0 Å². The topological polar surface area (TPSA) is 232 Å². The number of carbonyl (C=O) groups is 5. The highest BCUT2D eigenvalue weighted by Gasteiger charge is 2.32. The van der Waals surface area contributed by atoms with Crippen LogP contribution in [0.3, 0.4) is 0 Å². The van der Waals surface area contributed by atoms with Gasteiger partial charge in [-0.2, -0.15) is 0 Å². The molecule has 244 valence electrons. The number of H-pyrrole nitrogens is 2. The second kappa shape index (κ2) is 15.2. The van der Waals surface area contributed by atoms with E-state index < -0.39 is 72.8 Å². The van der Waals surface area contributed by atoms with Gasteiger partial charge in [0.2, 0.25) is 23.6 Å². The number of fused-ring (bicyclic) bond motifs is 2. The van der Waals surface area contributed by atoms with Gasteiger partial charge in [-0.3, -0.25) is 19.2 Å². The number of rotatable bonds is 15. The molecule has 0 aliphatic heterocycles. The van der Waals surface area contributed by atoms with Crippen molar-refractivity contribution in [3.05, 3.63) is 72.1 Å². The fourth-order valence-corrected chi connectivity index (χ4v) is 5.13. The first-order chi connectivity index (χ1) is 22.0. The minimum absolute atomic E-state index is 0.00868. The number of carboxylic acids is 1. The fraction of sp³-hybridized carbons (Fsp3) is 0.344. The Bertz CT molecular complexity index is 1710. The van der Waals surface area contributed by atoms with Gasteiger partial charge in [0.05, 0.1) is 13.2 Å². The van der Waals surface area contributed by atoms with Crippen LogP contribution in [-0.2, 0) is 36.8 Å². The van der Waals surface area contributed by atoms with Gasteiger partial charge in [-0.05, 0) is 29.2 Å². The quantitative estimate of drug-likeness (QED) is 0.0867. The number of aliphatic hydroxyl groups is 1. The van der Waals surface area contributed by atoms with Gasteiger partial charge >= 0.3 is 5.97 Å². The van der Waals surface area contributed by atoms with Crippen LogP contribution >= 0.6 is 0 Å². The number of carbonyl (C=O) groups excluding carboxylic acids is 4. The molecule has 0 saturated heterocycles. The van der Waals surface area contributed by atoms with Gasteiger partial charge in [-0.25, -0.2) is 4.79 Å². The third kappa shape index (κ3) is 8.28. The lowest BCUT2D eigenvalue weighted by Gasteiger charge is -2.26. The zero-order chi connectivity index (χ0) is 33.4. The molecule has 0 unspecified atom stereocenters. The van der Waals surface area contributed by atoms with Crippen LogP contribution in [-0.4, -0.2) is 87.1 Å². The zero-order valence-electron chi connectivity index (χ0n) is 25.5. The highest BCUT2D eigenvalue weighted by atomic mass is 16.4. The van der Waals surface area contributed by atoms with Gasteiger partial charge in [0.1, 0.15) is 24.2 Å². The normalized spacial score (nSPS) is 13.9. The molecule has 46 heavy (non-hydrogen) atoms. The third-order valence-electron chi connectivity index (χ3n) is 7.67. The molecule has 2 aromatic heterocycles. The van der Waals surface area contributed by atoms with Crippen molar-refractivity contribution in [2.45, 2.75) is 50.9 Å². The Labute approximate surface area is 264 Å². The van der Waals surface area contributed by atoms with Gasteiger partial charge in [-0.15, -0.1) is 0 Å². The molecule has 4 amide bonds. The smallest absolute Gasteiger partial charge is 0.326 e. The second-order valence-electron chi connectivity index (χ2n) is 11.4. The first-order valence-electron chi connectivity index (χ1n) is 14.9. The Hall–Kier alpha value is -5.21. The first kappa shape index (κ1) is 33.7. The number of benzene rings is 2. The summed E-state index contributed by atoms with van der Waals surface area (Å²) in [7, 11) is 0. The Morgan fingerprint density at radius 3 is 1.83 bits per heavy atom. The molecule has 14 nitrogen and oxygen atoms in total. The number of aliphatic hydroxyl groups excluding tert-OH is 1. The summed E-state index contributed by atoms with van der Waals surface area (Å²) in [5, 5.41) is 30.9. The molecule has 2 heterocycles. The molecular formula is C32H39N7O7. The largest absolute Gasteiger partial charge is 0.480 e. The van der Waals surface area contributed by atoms with Gasteiger partial charge in [0.15, 0.2) is 0 Å². The summed E-state index contributed by atoms with van der Waals surface area (Å²) in [5.41, 5.74) is 8.57. The van der Waals surface area contributed by atoms with Crippen LogP contribution in [0, 0.1) is 5.92 Å². The van der Waals surface area contributed by atoms with E-state index in [-0.39, 0.29) is 12.8 Å². The minimum Gasteiger partial charge on any atom is -0.480 e. The number of aliphatic carboxylic acids is 1. The summed E-state index contributed by atoms with van der Waals surface area (Å²) in [5.74, 6) is -4.51. The molecule has 10 N–H and O–H groups in total. The van der Waals surface area contributed by atoms with Crippen LogP contribution in [0.1, 0.15) is 25.0 Å². The van der Waals surface area contributed by atoms with Gasteiger partial charge < -0.3 is 47.2 Å². The summed E-state index contributed by atoms with van der Waals surface area (Å²) < 4.78 is 0. The zero-order valence-corrected chi connectivity index (χ0v) is 25.5. The number of amides is 4. The lowest BCUT2D eigenvalue weighted by atomic mass is 9.99. The van der Waals surface area contributed by atoms with Gasteiger partial charge in [0.25, 0.3) is 0 Å². The monoisotopic (exact) mass is 633 g/mol. The molecule has 0 spiro atoms. The molecule has 0 aliphatic carbocycles. The van der Waals surface area contributed by atoms with E-state index >= 15 is 0 Å². The molecule has 14 heteroatoms. The number of nitrogens with two attached hydrogens (primary N) is 1. The Balaban J connectivity index is 1.50. The lowest BCUT2D eigenvalue weighted by molar-refractivity contribution is -0.142. The van der Waals surface area contributed by atoms with Crippen molar-refractivity contribution >= 4 is 51.4 Å². The van der Waals surface area contributed by atoms with E-state index in [2.05, 4.69) is 31.2 Å². The predicted molar refractivity (Wildman–Crippen MR) is 170 cm³/mol. The summed E-state index contributed by atoms with van der Waals surface area (Å²) in [6.45, 7) is 2.29. The van der Waals surface area contributed by atoms with Crippen molar-refractivity contribution in [1.29, 1.82) is 0 Å². The molecule has 0 fully saturated rings. The van der Waals surface area contributed by atoms with E-state index in [9.17, 15) is 29.1 Å². The molecule has 4 aromatic rings. The minimum atomic E-state index is -1.28. The summed E-state index contributed by atoms with van der Waals surface area (Å²) in [6, 6.07) is 10.0. The maximum atomic E-state index is 13.7. The number of para-hydroxylation sites is 2. The van der Waals surface area contributed by atoms with Crippen molar-refractivity contribution < 1.29 is 34.2 Å². The molecule has 0 bridgehead atoms. The highest BCUT2D eigenvalue weighted by molar-refractivity contribution is 5.95. The number of nitrogens with one attached hydrogen (secondary N) is 6. The van der Waals surface area contributed by atoms with Crippen molar-refractivity contribution in [3.63, 3.8) is 0 Å². The molecule has 2 aromatic carbocycles.